The molecule has 2 rings (SSSR count). The molecule has 0 aliphatic carbocycles. The summed E-state index contributed by atoms with van der Waals surface area (Å²) in [6.45, 7) is 4.52. The first kappa shape index (κ1) is 16.1. The minimum Gasteiger partial charge on any atom is -0.488 e. The fraction of sp³-hybridized carbons (Fsp3) is 0.400. The lowest BCUT2D eigenvalue weighted by Crippen LogP contribution is -2.24. The molecule has 0 aliphatic heterocycles. The maximum Gasteiger partial charge on any atom is 0.134 e. The summed E-state index contributed by atoms with van der Waals surface area (Å²) in [5.41, 5.74) is 0.577. The van der Waals surface area contributed by atoms with Gasteiger partial charge in [0.05, 0.1) is 16.9 Å². The van der Waals surface area contributed by atoms with Gasteiger partial charge in [0, 0.05) is 11.6 Å². The first-order valence-corrected chi connectivity index (χ1v) is 7.60. The van der Waals surface area contributed by atoms with E-state index in [1.807, 2.05) is 6.92 Å². The van der Waals surface area contributed by atoms with E-state index in [2.05, 4.69) is 5.10 Å². The summed E-state index contributed by atoms with van der Waals surface area (Å²) in [6.07, 6.45) is 1.10. The Hall–Kier alpha value is -1.23. The van der Waals surface area contributed by atoms with Crippen LogP contribution < -0.4 is 4.74 Å². The molecule has 0 amide bonds. The third-order valence-electron chi connectivity index (χ3n) is 3.11. The van der Waals surface area contributed by atoms with Crippen molar-refractivity contribution in [1.82, 2.24) is 9.78 Å². The number of benzene rings is 1. The molecule has 1 aromatic heterocycles. The Morgan fingerprint density at radius 2 is 2.14 bits per heavy atom. The summed E-state index contributed by atoms with van der Waals surface area (Å²) in [6, 6.07) is 7.06. The lowest BCUT2D eigenvalue weighted by molar-refractivity contribution is 0.0406. The van der Waals surface area contributed by atoms with Crippen LogP contribution in [0.25, 0.3) is 0 Å². The van der Waals surface area contributed by atoms with Gasteiger partial charge in [0.25, 0.3) is 0 Å². The number of nitrogens with zero attached hydrogens (tertiary/aromatic N) is 2. The number of aromatic nitrogens is 2. The van der Waals surface area contributed by atoms with Gasteiger partial charge >= 0.3 is 0 Å². The second-order valence-electron chi connectivity index (χ2n) is 4.83. The Morgan fingerprint density at radius 1 is 1.38 bits per heavy atom. The average Bonchev–Trinajstić information content (AvgIpc) is 2.79. The Morgan fingerprint density at radius 3 is 2.81 bits per heavy atom. The zero-order chi connectivity index (χ0) is 15.4. The van der Waals surface area contributed by atoms with E-state index in [1.165, 1.54) is 0 Å². The number of aryl methyl sites for hydroxylation is 1. The Kier molecular flexibility index (Phi) is 5.51. The minimum atomic E-state index is -0.870. The van der Waals surface area contributed by atoms with Crippen molar-refractivity contribution in [2.75, 3.05) is 0 Å². The number of aliphatic hydroxyl groups excluding tert-OH is 1. The number of rotatable bonds is 6. The molecular formula is C15H18Cl2N2O2. The molecular weight excluding hydrogens is 311 g/mol. The zero-order valence-corrected chi connectivity index (χ0v) is 13.5. The van der Waals surface area contributed by atoms with Gasteiger partial charge < -0.3 is 9.84 Å². The molecule has 2 atom stereocenters. The molecule has 4 nitrogen and oxygen atoms in total. The molecule has 114 valence electrons. The molecule has 21 heavy (non-hydrogen) atoms. The Labute approximate surface area is 134 Å². The molecule has 0 saturated carbocycles. The molecule has 0 bridgehead atoms. The molecule has 2 unspecified atom stereocenters. The van der Waals surface area contributed by atoms with Gasteiger partial charge in [-0.3, -0.25) is 4.68 Å². The summed E-state index contributed by atoms with van der Waals surface area (Å²) in [5.74, 6) is 0.603. The SMILES string of the molecule is CCCn1ncc(Cl)c1C(O)C(C)Oc1cccc(Cl)c1. The fourth-order valence-electron chi connectivity index (χ4n) is 2.10. The van der Waals surface area contributed by atoms with Gasteiger partial charge in [-0.15, -0.1) is 0 Å². The highest BCUT2D eigenvalue weighted by Gasteiger charge is 2.25. The van der Waals surface area contributed by atoms with Crippen molar-refractivity contribution in [3.8, 4) is 5.75 Å². The molecule has 0 aliphatic rings. The van der Waals surface area contributed by atoms with E-state index >= 15 is 0 Å². The maximum absolute atomic E-state index is 10.5. The van der Waals surface area contributed by atoms with E-state index in [4.69, 9.17) is 27.9 Å². The maximum atomic E-state index is 10.5. The highest BCUT2D eigenvalue weighted by Crippen LogP contribution is 2.28. The summed E-state index contributed by atoms with van der Waals surface area (Å²) < 4.78 is 7.45. The van der Waals surface area contributed by atoms with Crippen LogP contribution in [0, 0.1) is 0 Å². The average molecular weight is 329 g/mol. The van der Waals surface area contributed by atoms with E-state index in [0.29, 0.717) is 28.0 Å². The van der Waals surface area contributed by atoms with E-state index in [0.717, 1.165) is 6.42 Å². The fourth-order valence-corrected chi connectivity index (χ4v) is 2.53. The first-order valence-electron chi connectivity index (χ1n) is 6.84. The van der Waals surface area contributed by atoms with Gasteiger partial charge in [-0.25, -0.2) is 0 Å². The smallest absolute Gasteiger partial charge is 0.134 e. The van der Waals surface area contributed by atoms with Crippen LogP contribution in [0.4, 0.5) is 0 Å². The van der Waals surface area contributed by atoms with Gasteiger partial charge in [-0.1, -0.05) is 36.2 Å². The van der Waals surface area contributed by atoms with Gasteiger partial charge in [0.1, 0.15) is 18.0 Å². The first-order chi connectivity index (χ1) is 10.0. The van der Waals surface area contributed by atoms with Crippen LogP contribution in [0.1, 0.15) is 32.1 Å². The van der Waals surface area contributed by atoms with E-state index < -0.39 is 12.2 Å². The van der Waals surface area contributed by atoms with Crippen molar-refractivity contribution in [1.29, 1.82) is 0 Å². The third-order valence-corrected chi connectivity index (χ3v) is 3.64. The van der Waals surface area contributed by atoms with Gasteiger partial charge in [-0.05, 0) is 31.5 Å². The second-order valence-corrected chi connectivity index (χ2v) is 5.67. The molecule has 1 aromatic carbocycles. The van der Waals surface area contributed by atoms with Crippen molar-refractivity contribution in [3.63, 3.8) is 0 Å². The predicted molar refractivity (Wildman–Crippen MR) is 84.0 cm³/mol. The van der Waals surface area contributed by atoms with Gasteiger partial charge in [0.15, 0.2) is 0 Å². The quantitative estimate of drug-likeness (QED) is 0.868. The van der Waals surface area contributed by atoms with Crippen LogP contribution in [0.2, 0.25) is 10.0 Å². The van der Waals surface area contributed by atoms with Crippen molar-refractivity contribution < 1.29 is 9.84 Å². The van der Waals surface area contributed by atoms with Crippen LogP contribution >= 0.6 is 23.2 Å². The van der Waals surface area contributed by atoms with Gasteiger partial charge in [-0.2, -0.15) is 5.10 Å². The molecule has 1 N–H and O–H groups in total. The number of hydrogen-bond acceptors (Lipinski definition) is 3. The summed E-state index contributed by atoms with van der Waals surface area (Å²) in [7, 11) is 0. The Bertz CT molecular complexity index is 601. The number of halogens is 2. The summed E-state index contributed by atoms with van der Waals surface area (Å²) in [5, 5.41) is 15.7. The Balaban J connectivity index is 2.15. The highest BCUT2D eigenvalue weighted by atomic mass is 35.5. The number of ether oxygens (including phenoxy) is 1. The van der Waals surface area contributed by atoms with E-state index in [1.54, 1.807) is 42.1 Å². The largest absolute Gasteiger partial charge is 0.488 e. The molecule has 6 heteroatoms. The second kappa shape index (κ2) is 7.16. The van der Waals surface area contributed by atoms with Crippen molar-refractivity contribution >= 4 is 23.2 Å². The van der Waals surface area contributed by atoms with E-state index in [9.17, 15) is 5.11 Å². The number of aliphatic hydroxyl groups is 1. The van der Waals surface area contributed by atoms with Crippen molar-refractivity contribution in [3.05, 3.63) is 46.2 Å². The molecule has 0 fully saturated rings. The molecule has 0 spiro atoms. The zero-order valence-electron chi connectivity index (χ0n) is 12.0. The van der Waals surface area contributed by atoms with Crippen LogP contribution in [-0.2, 0) is 6.54 Å². The normalized spacial score (nSPS) is 14.0. The van der Waals surface area contributed by atoms with Crippen molar-refractivity contribution in [2.24, 2.45) is 0 Å². The minimum absolute atomic E-state index is 0.442. The van der Waals surface area contributed by atoms with Crippen LogP contribution in [0.15, 0.2) is 30.5 Å². The van der Waals surface area contributed by atoms with Crippen LogP contribution in [0.5, 0.6) is 5.75 Å². The number of hydrogen-bond donors (Lipinski definition) is 1. The van der Waals surface area contributed by atoms with Crippen LogP contribution in [0.3, 0.4) is 0 Å². The highest BCUT2D eigenvalue weighted by molar-refractivity contribution is 6.31. The van der Waals surface area contributed by atoms with Crippen LogP contribution in [-0.4, -0.2) is 21.0 Å². The lowest BCUT2D eigenvalue weighted by Gasteiger charge is -2.22. The predicted octanol–water partition coefficient (Wildman–Crippen LogP) is 4.10. The van der Waals surface area contributed by atoms with Gasteiger partial charge in [0.2, 0.25) is 0 Å². The van der Waals surface area contributed by atoms with E-state index in [-0.39, 0.29) is 0 Å². The summed E-state index contributed by atoms with van der Waals surface area (Å²) in [4.78, 5) is 0. The molecule has 0 radical (unpaired) electrons. The monoisotopic (exact) mass is 328 g/mol. The topological polar surface area (TPSA) is 47.3 Å². The molecule has 1 heterocycles. The third kappa shape index (κ3) is 3.90. The molecule has 0 saturated heterocycles. The molecule has 2 aromatic rings. The van der Waals surface area contributed by atoms with Crippen molar-refractivity contribution in [2.45, 2.75) is 39.0 Å². The summed E-state index contributed by atoms with van der Waals surface area (Å²) >= 11 is 12.0. The lowest BCUT2D eigenvalue weighted by atomic mass is 10.1. The standard InChI is InChI=1S/C15H18Cl2N2O2/c1-3-7-19-14(13(17)9-18-19)15(20)10(2)21-12-6-4-5-11(16)8-12/h4-6,8-10,15,20H,3,7H2,1-2H3.